The SMILES string of the molecule is Nc1nc(CCCc2cccs2)cs1. The first kappa shape index (κ1) is 9.68. The molecule has 0 aliphatic carbocycles. The molecule has 0 aliphatic heterocycles. The van der Waals surface area contributed by atoms with Gasteiger partial charge in [-0.05, 0) is 30.7 Å². The second kappa shape index (κ2) is 4.57. The lowest BCUT2D eigenvalue weighted by Gasteiger charge is -1.95. The third-order valence-corrected chi connectivity index (χ3v) is 3.66. The van der Waals surface area contributed by atoms with Crippen molar-refractivity contribution in [3.63, 3.8) is 0 Å². The summed E-state index contributed by atoms with van der Waals surface area (Å²) in [5.41, 5.74) is 6.68. The van der Waals surface area contributed by atoms with E-state index in [-0.39, 0.29) is 0 Å². The average molecular weight is 224 g/mol. The van der Waals surface area contributed by atoms with Gasteiger partial charge in [0.05, 0.1) is 5.69 Å². The lowest BCUT2D eigenvalue weighted by atomic mass is 10.2. The maximum Gasteiger partial charge on any atom is 0.180 e. The standard InChI is InChI=1S/C10H12N2S2/c11-10-12-8(7-14-10)3-1-4-9-5-2-6-13-9/h2,5-7H,1,3-4H2,(H2,11,12). The Morgan fingerprint density at radius 3 is 2.86 bits per heavy atom. The fourth-order valence-electron chi connectivity index (χ4n) is 1.34. The van der Waals surface area contributed by atoms with Gasteiger partial charge in [-0.25, -0.2) is 4.98 Å². The summed E-state index contributed by atoms with van der Waals surface area (Å²) in [6.07, 6.45) is 3.34. The lowest BCUT2D eigenvalue weighted by molar-refractivity contribution is 0.814. The molecule has 2 aromatic heterocycles. The van der Waals surface area contributed by atoms with Crippen molar-refractivity contribution in [2.45, 2.75) is 19.3 Å². The van der Waals surface area contributed by atoms with Crippen molar-refractivity contribution < 1.29 is 0 Å². The van der Waals surface area contributed by atoms with Crippen LogP contribution in [0, 0.1) is 0 Å². The molecule has 0 atom stereocenters. The van der Waals surface area contributed by atoms with Gasteiger partial charge in [0, 0.05) is 10.3 Å². The van der Waals surface area contributed by atoms with Gasteiger partial charge in [0.15, 0.2) is 5.13 Å². The van der Waals surface area contributed by atoms with Crippen LogP contribution in [0.3, 0.4) is 0 Å². The first-order chi connectivity index (χ1) is 6.84. The van der Waals surface area contributed by atoms with Gasteiger partial charge in [0.1, 0.15) is 0 Å². The van der Waals surface area contributed by atoms with Crippen molar-refractivity contribution in [1.29, 1.82) is 0 Å². The fourth-order valence-corrected chi connectivity index (χ4v) is 2.68. The first-order valence-electron chi connectivity index (χ1n) is 4.57. The van der Waals surface area contributed by atoms with E-state index < -0.39 is 0 Å². The number of rotatable bonds is 4. The average Bonchev–Trinajstić information content (AvgIpc) is 2.77. The Bertz CT molecular complexity index is 378. The van der Waals surface area contributed by atoms with Gasteiger partial charge < -0.3 is 5.73 Å². The number of nitrogens with two attached hydrogens (primary N) is 1. The van der Waals surface area contributed by atoms with E-state index in [1.165, 1.54) is 16.2 Å². The van der Waals surface area contributed by atoms with Crippen molar-refractivity contribution >= 4 is 27.8 Å². The van der Waals surface area contributed by atoms with Crippen LogP contribution in [0.2, 0.25) is 0 Å². The summed E-state index contributed by atoms with van der Waals surface area (Å²) in [6, 6.07) is 4.28. The number of hydrogen-bond donors (Lipinski definition) is 1. The monoisotopic (exact) mass is 224 g/mol. The van der Waals surface area contributed by atoms with Crippen molar-refractivity contribution in [3.8, 4) is 0 Å². The topological polar surface area (TPSA) is 38.9 Å². The molecule has 0 saturated heterocycles. The van der Waals surface area contributed by atoms with E-state index in [0.717, 1.165) is 25.0 Å². The van der Waals surface area contributed by atoms with Crippen LogP contribution >= 0.6 is 22.7 Å². The number of hydrogen-bond acceptors (Lipinski definition) is 4. The normalized spacial score (nSPS) is 10.6. The summed E-state index contributed by atoms with van der Waals surface area (Å²) < 4.78 is 0. The van der Waals surface area contributed by atoms with Crippen molar-refractivity contribution in [3.05, 3.63) is 33.5 Å². The van der Waals surface area contributed by atoms with E-state index in [1.807, 2.05) is 16.7 Å². The van der Waals surface area contributed by atoms with E-state index in [0.29, 0.717) is 5.13 Å². The van der Waals surface area contributed by atoms with Gasteiger partial charge >= 0.3 is 0 Å². The van der Waals surface area contributed by atoms with Gasteiger partial charge in [-0.3, -0.25) is 0 Å². The van der Waals surface area contributed by atoms with Crippen LogP contribution in [0.5, 0.6) is 0 Å². The fraction of sp³-hybridized carbons (Fsp3) is 0.300. The van der Waals surface area contributed by atoms with Crippen LogP contribution < -0.4 is 5.73 Å². The smallest absolute Gasteiger partial charge is 0.180 e. The Labute approximate surface area is 91.4 Å². The van der Waals surface area contributed by atoms with Crippen LogP contribution in [-0.2, 0) is 12.8 Å². The minimum atomic E-state index is 0.677. The Kier molecular flexibility index (Phi) is 3.16. The van der Waals surface area contributed by atoms with Gasteiger partial charge in [-0.2, -0.15) is 0 Å². The highest BCUT2D eigenvalue weighted by atomic mass is 32.1. The number of aryl methyl sites for hydroxylation is 2. The van der Waals surface area contributed by atoms with Gasteiger partial charge in [-0.1, -0.05) is 6.07 Å². The second-order valence-corrected chi connectivity index (χ2v) is 5.03. The zero-order chi connectivity index (χ0) is 9.80. The number of anilines is 1. The maximum absolute atomic E-state index is 5.55. The molecule has 0 unspecified atom stereocenters. The minimum Gasteiger partial charge on any atom is -0.375 e. The second-order valence-electron chi connectivity index (χ2n) is 3.11. The van der Waals surface area contributed by atoms with E-state index in [1.54, 1.807) is 0 Å². The number of thiazole rings is 1. The van der Waals surface area contributed by atoms with Gasteiger partial charge in [0.2, 0.25) is 0 Å². The van der Waals surface area contributed by atoms with E-state index >= 15 is 0 Å². The van der Waals surface area contributed by atoms with Crippen molar-refractivity contribution in [2.24, 2.45) is 0 Å². The Hall–Kier alpha value is -0.870. The minimum absolute atomic E-state index is 0.677. The molecule has 14 heavy (non-hydrogen) atoms. The molecule has 0 aromatic carbocycles. The van der Waals surface area contributed by atoms with Gasteiger partial charge in [0.25, 0.3) is 0 Å². The summed E-state index contributed by atoms with van der Waals surface area (Å²) in [4.78, 5) is 5.68. The Balaban J connectivity index is 1.78. The maximum atomic E-state index is 5.55. The quantitative estimate of drug-likeness (QED) is 0.867. The zero-order valence-corrected chi connectivity index (χ0v) is 9.40. The molecule has 0 aliphatic rings. The highest BCUT2D eigenvalue weighted by Crippen LogP contribution is 2.15. The molecule has 0 saturated carbocycles. The third kappa shape index (κ3) is 2.56. The summed E-state index contributed by atoms with van der Waals surface area (Å²) in [5.74, 6) is 0. The van der Waals surface area contributed by atoms with Crippen LogP contribution in [0.1, 0.15) is 17.0 Å². The molecule has 2 heterocycles. The molecule has 2 aromatic rings. The number of thiophene rings is 1. The van der Waals surface area contributed by atoms with Crippen molar-refractivity contribution in [2.75, 3.05) is 5.73 Å². The summed E-state index contributed by atoms with van der Waals surface area (Å²) in [7, 11) is 0. The van der Waals surface area contributed by atoms with Crippen LogP contribution in [0.25, 0.3) is 0 Å². The number of nitrogens with zero attached hydrogens (tertiary/aromatic N) is 1. The Morgan fingerprint density at radius 2 is 2.21 bits per heavy atom. The summed E-state index contributed by atoms with van der Waals surface area (Å²) in [5, 5.41) is 4.84. The van der Waals surface area contributed by atoms with E-state index in [2.05, 4.69) is 22.5 Å². The number of aromatic nitrogens is 1. The Morgan fingerprint density at radius 1 is 1.29 bits per heavy atom. The first-order valence-corrected chi connectivity index (χ1v) is 6.33. The van der Waals surface area contributed by atoms with Crippen LogP contribution in [-0.4, -0.2) is 4.98 Å². The van der Waals surface area contributed by atoms with Crippen LogP contribution in [0.4, 0.5) is 5.13 Å². The third-order valence-electron chi connectivity index (χ3n) is 2.01. The highest BCUT2D eigenvalue weighted by Gasteiger charge is 1.99. The molecular formula is C10H12N2S2. The molecule has 2 N–H and O–H groups in total. The highest BCUT2D eigenvalue weighted by molar-refractivity contribution is 7.13. The number of nitrogen functional groups attached to an aromatic ring is 1. The molecule has 2 nitrogen and oxygen atoms in total. The molecule has 0 bridgehead atoms. The summed E-state index contributed by atoms with van der Waals surface area (Å²) >= 11 is 3.34. The zero-order valence-electron chi connectivity index (χ0n) is 7.77. The molecule has 0 spiro atoms. The van der Waals surface area contributed by atoms with Crippen molar-refractivity contribution in [1.82, 2.24) is 4.98 Å². The predicted octanol–water partition coefficient (Wildman–Crippen LogP) is 2.96. The molecule has 74 valence electrons. The molecule has 0 radical (unpaired) electrons. The predicted molar refractivity (Wildman–Crippen MR) is 62.9 cm³/mol. The molecular weight excluding hydrogens is 212 g/mol. The lowest BCUT2D eigenvalue weighted by Crippen LogP contribution is -1.89. The van der Waals surface area contributed by atoms with Gasteiger partial charge in [-0.15, -0.1) is 22.7 Å². The molecule has 2 rings (SSSR count). The largest absolute Gasteiger partial charge is 0.375 e. The van der Waals surface area contributed by atoms with E-state index in [9.17, 15) is 0 Å². The van der Waals surface area contributed by atoms with Crippen LogP contribution in [0.15, 0.2) is 22.9 Å². The molecule has 0 amide bonds. The summed E-state index contributed by atoms with van der Waals surface area (Å²) in [6.45, 7) is 0. The van der Waals surface area contributed by atoms with E-state index in [4.69, 9.17) is 5.73 Å². The molecule has 4 heteroatoms. The molecule has 0 fully saturated rings.